The molecule has 1 aliphatic heterocycles. The summed E-state index contributed by atoms with van der Waals surface area (Å²) < 4.78 is 11.6. The van der Waals surface area contributed by atoms with Crippen molar-refractivity contribution in [2.45, 2.75) is 38.5 Å². The van der Waals surface area contributed by atoms with E-state index in [1.165, 1.54) is 38.6 Å². The minimum atomic E-state index is -0.424. The second-order valence-corrected chi connectivity index (χ2v) is 23.4. The Morgan fingerprint density at radius 1 is 0.459 bits per heavy atom. The summed E-state index contributed by atoms with van der Waals surface area (Å²) in [7, 11) is 0. The molecule has 0 spiro atoms. The van der Waals surface area contributed by atoms with Crippen LogP contribution in [-0.2, 0) is 31.9 Å². The van der Waals surface area contributed by atoms with Crippen molar-refractivity contribution in [3.05, 3.63) is 302 Å². The molecule has 0 atom stereocenters. The first-order chi connectivity index (χ1) is 41.2. The molecule has 0 saturated carbocycles. The van der Waals surface area contributed by atoms with Crippen LogP contribution < -0.4 is 14.5 Å². The van der Waals surface area contributed by atoms with Crippen molar-refractivity contribution in [1.29, 1.82) is 0 Å². The number of nitrogens with zero attached hydrogens (tertiary/aromatic N) is 5. The molecule has 16 rings (SSSR count). The van der Waals surface area contributed by atoms with Crippen LogP contribution in [0.25, 0.3) is 88.5 Å². The van der Waals surface area contributed by atoms with Gasteiger partial charge >= 0.3 is 0 Å². The molecule has 0 bridgehead atoms. The number of ether oxygens (including phenoxy) is 1. The number of para-hydroxylation sites is 4. The SMILES string of the molecule is CC(C)(C)c1cc(-c2ccccc2)c(N2[CH-]N(c3[c-]c(Oc4[c-]c5c(cc4)c4ccc(-n6c7ccccc7c7ccccc76)cc4n5-c4cc(C5(C)c6ccccc6-c6ccccc65)ccn4)ccc3)c3ccccc32)c(-c2ccccc2)c1.[Pt]. The molecule has 4 heterocycles. The van der Waals surface area contributed by atoms with E-state index in [2.05, 4.69) is 302 Å². The predicted molar refractivity (Wildman–Crippen MR) is 346 cm³/mol. The zero-order valence-corrected chi connectivity index (χ0v) is 49.6. The molecule has 7 heteroatoms. The zero-order valence-electron chi connectivity index (χ0n) is 47.4. The molecule has 11 aromatic carbocycles. The minimum absolute atomic E-state index is 0. The van der Waals surface area contributed by atoms with Gasteiger partial charge in [0.15, 0.2) is 0 Å². The van der Waals surface area contributed by atoms with Crippen LogP contribution in [0.2, 0.25) is 0 Å². The molecule has 0 amide bonds. The van der Waals surface area contributed by atoms with Gasteiger partial charge in [-0.05, 0) is 123 Å². The zero-order chi connectivity index (χ0) is 56.3. The largest absolute Gasteiger partial charge is 0.509 e. The number of anilines is 4. The summed E-state index contributed by atoms with van der Waals surface area (Å²) in [6.07, 6.45) is 1.97. The van der Waals surface area contributed by atoms with Gasteiger partial charge in [-0.15, -0.1) is 48.1 Å². The average molecular weight is 1270 g/mol. The maximum absolute atomic E-state index is 6.95. The van der Waals surface area contributed by atoms with E-state index < -0.39 is 5.41 Å². The molecule has 3 aromatic heterocycles. The second kappa shape index (κ2) is 20.3. The van der Waals surface area contributed by atoms with Crippen molar-refractivity contribution in [2.75, 3.05) is 9.80 Å². The van der Waals surface area contributed by atoms with Crippen molar-refractivity contribution in [3.8, 4) is 56.4 Å². The average Bonchev–Trinajstić information content (AvgIpc) is 2.76. The molecule has 1 aliphatic carbocycles. The summed E-state index contributed by atoms with van der Waals surface area (Å²) in [6.45, 7) is 11.4. The topological polar surface area (TPSA) is 38.5 Å². The first kappa shape index (κ1) is 52.1. The number of rotatable bonds is 9. The fourth-order valence-electron chi connectivity index (χ4n) is 13.4. The third-order valence-corrected chi connectivity index (χ3v) is 17.5. The monoisotopic (exact) mass is 1270 g/mol. The molecule has 0 N–H and O–H groups in total. The molecule has 14 aromatic rings. The van der Waals surface area contributed by atoms with E-state index in [4.69, 9.17) is 9.72 Å². The van der Waals surface area contributed by atoms with E-state index >= 15 is 0 Å². The van der Waals surface area contributed by atoms with E-state index in [1.54, 1.807) is 0 Å². The predicted octanol–water partition coefficient (Wildman–Crippen LogP) is 20.0. The van der Waals surface area contributed by atoms with Crippen LogP contribution in [0, 0.1) is 18.8 Å². The van der Waals surface area contributed by atoms with Crippen molar-refractivity contribution in [1.82, 2.24) is 14.1 Å². The van der Waals surface area contributed by atoms with Gasteiger partial charge in [0.05, 0.1) is 11.0 Å². The summed E-state index contributed by atoms with van der Waals surface area (Å²) in [5.41, 5.74) is 20.9. The number of hydrogen-bond donors (Lipinski definition) is 0. The summed E-state index contributed by atoms with van der Waals surface area (Å²) in [5, 5.41) is 4.57. The Morgan fingerprint density at radius 3 is 1.66 bits per heavy atom. The van der Waals surface area contributed by atoms with Crippen LogP contribution in [0.15, 0.2) is 261 Å². The Kier molecular flexibility index (Phi) is 12.4. The summed E-state index contributed by atoms with van der Waals surface area (Å²) in [5.74, 6) is 1.93. The van der Waals surface area contributed by atoms with Crippen molar-refractivity contribution >= 4 is 66.4 Å². The van der Waals surface area contributed by atoms with Crippen molar-refractivity contribution in [2.24, 2.45) is 0 Å². The normalized spacial score (nSPS) is 13.3. The number of fused-ring (bicyclic) bond motifs is 10. The summed E-state index contributed by atoms with van der Waals surface area (Å²) >= 11 is 0. The first-order valence-electron chi connectivity index (χ1n) is 28.8. The van der Waals surface area contributed by atoms with Gasteiger partial charge in [-0.1, -0.05) is 190 Å². The molecule has 0 unspecified atom stereocenters. The van der Waals surface area contributed by atoms with Crippen molar-refractivity contribution < 1.29 is 25.8 Å². The smallest absolute Gasteiger partial charge is 0.135 e. The van der Waals surface area contributed by atoms with Gasteiger partial charge in [-0.3, -0.25) is 0 Å². The molecular weight excluding hydrogens is 1220 g/mol. The summed E-state index contributed by atoms with van der Waals surface area (Å²) in [6, 6.07) is 99.1. The van der Waals surface area contributed by atoms with Crippen LogP contribution in [0.4, 0.5) is 22.7 Å². The molecular formula is C78H56N5OPt-3. The molecule has 412 valence electrons. The summed E-state index contributed by atoms with van der Waals surface area (Å²) in [4.78, 5) is 9.82. The molecule has 0 saturated heterocycles. The van der Waals surface area contributed by atoms with E-state index in [-0.39, 0.29) is 26.5 Å². The van der Waals surface area contributed by atoms with E-state index in [0.717, 1.165) is 94.9 Å². The second-order valence-electron chi connectivity index (χ2n) is 23.4. The van der Waals surface area contributed by atoms with Gasteiger partial charge in [0.2, 0.25) is 0 Å². The molecule has 0 fully saturated rings. The van der Waals surface area contributed by atoms with E-state index in [1.807, 2.05) is 24.4 Å². The van der Waals surface area contributed by atoms with Gasteiger partial charge in [0.1, 0.15) is 5.82 Å². The fraction of sp³-hybridized carbons (Fsp3) is 0.0769. The Bertz CT molecular complexity index is 4780. The van der Waals surface area contributed by atoms with Crippen LogP contribution in [0.1, 0.15) is 49.9 Å². The van der Waals surface area contributed by atoms with Crippen LogP contribution in [0.3, 0.4) is 0 Å². The Hall–Kier alpha value is -9.74. The fourth-order valence-corrected chi connectivity index (χ4v) is 13.4. The molecule has 0 radical (unpaired) electrons. The Morgan fingerprint density at radius 2 is 1.01 bits per heavy atom. The van der Waals surface area contributed by atoms with Gasteiger partial charge in [0, 0.05) is 94.3 Å². The van der Waals surface area contributed by atoms with E-state index in [0.29, 0.717) is 11.5 Å². The van der Waals surface area contributed by atoms with Gasteiger partial charge in [-0.2, -0.15) is 12.1 Å². The molecule has 2 aliphatic rings. The maximum atomic E-state index is 6.95. The van der Waals surface area contributed by atoms with E-state index in [9.17, 15) is 0 Å². The first-order valence-corrected chi connectivity index (χ1v) is 28.8. The van der Waals surface area contributed by atoms with Crippen LogP contribution in [-0.4, -0.2) is 14.1 Å². The van der Waals surface area contributed by atoms with Crippen LogP contribution in [0.5, 0.6) is 11.5 Å². The third-order valence-electron chi connectivity index (χ3n) is 17.5. The van der Waals surface area contributed by atoms with Crippen LogP contribution >= 0.6 is 0 Å². The van der Waals surface area contributed by atoms with Gasteiger partial charge in [-0.25, -0.2) is 4.98 Å². The Balaban J connectivity index is 0.00000613. The quantitative estimate of drug-likeness (QED) is 0.135. The molecule has 6 nitrogen and oxygen atoms in total. The third kappa shape index (κ3) is 8.37. The Labute approximate surface area is 509 Å². The maximum Gasteiger partial charge on any atom is 0.135 e. The van der Waals surface area contributed by atoms with Gasteiger partial charge in [0.25, 0.3) is 0 Å². The number of pyridine rings is 1. The number of hydrogen-bond acceptors (Lipinski definition) is 4. The number of aromatic nitrogens is 3. The number of benzene rings is 11. The standard InChI is InChI=1S/C78H56N5O.Pt/c1-77(2,3)54-44-65(51-22-7-5-8-23-51)76(66(45-54)52-24-9-6-10-25-52)81-50-80(71-36-19-20-37-72(71)81)55-26-21-27-57(47-55)84-58-39-41-64-63-40-38-56(82-69-34-17-13-30-61(69)62-31-14-18-35-70(62)82)48-73(63)83(74(64)49-58)75-46-53(42-43-79-75)78(4)67-32-15-11-28-59(67)60-29-12-16-33-68(60)78;/h5-46,48,50H,1-4H3;/q-3;. The van der Waals surface area contributed by atoms with Crippen molar-refractivity contribution in [3.63, 3.8) is 0 Å². The van der Waals surface area contributed by atoms with Gasteiger partial charge < -0.3 is 23.7 Å². The molecule has 85 heavy (non-hydrogen) atoms. The minimum Gasteiger partial charge on any atom is -0.509 e.